The van der Waals surface area contributed by atoms with Gasteiger partial charge in [0.25, 0.3) is 0 Å². The Morgan fingerprint density at radius 2 is 2.22 bits per heavy atom. The molecule has 0 aromatic carbocycles. The van der Waals surface area contributed by atoms with Gasteiger partial charge in [-0.2, -0.15) is 4.98 Å². The number of nitrogens with zero attached hydrogens (tertiary/aromatic N) is 4. The maximum atomic E-state index is 6.29. The Bertz CT molecular complexity index is 713. The van der Waals surface area contributed by atoms with Crippen molar-refractivity contribution in [2.75, 3.05) is 26.8 Å². The number of aromatic nitrogens is 3. The summed E-state index contributed by atoms with van der Waals surface area (Å²) < 4.78 is 16.7. The predicted octanol–water partition coefficient (Wildman–Crippen LogP) is 2.61. The molecule has 2 saturated heterocycles. The molecule has 146 valence electrons. The molecule has 2 aliphatic rings. The number of rotatable bonds is 6. The lowest BCUT2D eigenvalue weighted by atomic mass is 9.78. The van der Waals surface area contributed by atoms with Crippen LogP contribution in [-0.4, -0.2) is 52.4 Å². The summed E-state index contributed by atoms with van der Waals surface area (Å²) in [6.45, 7) is 4.33. The van der Waals surface area contributed by atoms with Crippen molar-refractivity contribution in [1.82, 2.24) is 20.0 Å². The molecule has 0 amide bonds. The summed E-state index contributed by atoms with van der Waals surface area (Å²) in [7, 11) is 1.64. The lowest BCUT2D eigenvalue weighted by Gasteiger charge is -2.46. The maximum absolute atomic E-state index is 6.29. The van der Waals surface area contributed by atoms with Gasteiger partial charge in [-0.3, -0.25) is 9.88 Å². The molecule has 0 N–H and O–H groups in total. The summed E-state index contributed by atoms with van der Waals surface area (Å²) in [5, 5.41) is 3.97. The smallest absolute Gasteiger partial charge is 0.227 e. The zero-order chi connectivity index (χ0) is 18.5. The molecule has 1 spiro atoms. The van der Waals surface area contributed by atoms with E-state index in [1.54, 1.807) is 7.11 Å². The average Bonchev–Trinajstić information content (AvgIpc) is 3.12. The molecule has 1 atom stereocenters. The van der Waals surface area contributed by atoms with Crippen molar-refractivity contribution in [2.45, 2.75) is 50.9 Å². The Balaban J connectivity index is 1.30. The SMILES string of the molecule is COCc1noc(CC2CCOC3(CCN(Cc4cccnc4)CC3)C2)n1. The Kier molecular flexibility index (Phi) is 5.80. The first kappa shape index (κ1) is 18.5. The van der Waals surface area contributed by atoms with E-state index in [1.165, 1.54) is 5.56 Å². The van der Waals surface area contributed by atoms with Crippen LogP contribution in [0.25, 0.3) is 0 Å². The van der Waals surface area contributed by atoms with Crippen molar-refractivity contribution < 1.29 is 14.0 Å². The molecule has 4 rings (SSSR count). The highest BCUT2D eigenvalue weighted by Crippen LogP contribution is 2.38. The van der Waals surface area contributed by atoms with E-state index < -0.39 is 0 Å². The summed E-state index contributed by atoms with van der Waals surface area (Å²) in [6.07, 6.45) is 8.93. The standard InChI is InChI=1S/C20H28N4O3/c1-25-15-18-22-19(27-23-18)11-16-4-10-26-20(12-16)5-8-24(9-6-20)14-17-3-2-7-21-13-17/h2-3,7,13,16H,4-6,8-12,14-15H2,1H3. The van der Waals surface area contributed by atoms with Gasteiger partial charge in [0.05, 0.1) is 5.60 Å². The maximum Gasteiger partial charge on any atom is 0.227 e. The van der Waals surface area contributed by atoms with Gasteiger partial charge in [-0.05, 0) is 43.2 Å². The molecular formula is C20H28N4O3. The van der Waals surface area contributed by atoms with Crippen LogP contribution in [-0.2, 0) is 29.0 Å². The number of likely N-dealkylation sites (tertiary alicyclic amines) is 1. The molecular weight excluding hydrogens is 344 g/mol. The third kappa shape index (κ3) is 4.72. The molecule has 0 saturated carbocycles. The first-order valence-electron chi connectivity index (χ1n) is 9.80. The minimum Gasteiger partial charge on any atom is -0.377 e. The zero-order valence-corrected chi connectivity index (χ0v) is 16.0. The number of methoxy groups -OCH3 is 1. The quantitative estimate of drug-likeness (QED) is 0.772. The average molecular weight is 372 g/mol. The Morgan fingerprint density at radius 3 is 3.00 bits per heavy atom. The number of ether oxygens (including phenoxy) is 2. The molecule has 27 heavy (non-hydrogen) atoms. The highest BCUT2D eigenvalue weighted by atomic mass is 16.5. The van der Waals surface area contributed by atoms with Gasteiger partial charge in [0, 0.05) is 52.2 Å². The number of hydrogen-bond acceptors (Lipinski definition) is 7. The predicted molar refractivity (Wildman–Crippen MR) is 98.9 cm³/mol. The van der Waals surface area contributed by atoms with Crippen molar-refractivity contribution in [3.05, 3.63) is 41.8 Å². The summed E-state index contributed by atoms with van der Waals surface area (Å²) in [5.41, 5.74) is 1.29. The minimum atomic E-state index is 0.0176. The highest BCUT2D eigenvalue weighted by molar-refractivity contribution is 5.08. The van der Waals surface area contributed by atoms with Gasteiger partial charge in [0.15, 0.2) is 5.82 Å². The van der Waals surface area contributed by atoms with Gasteiger partial charge in [0.2, 0.25) is 5.89 Å². The van der Waals surface area contributed by atoms with Gasteiger partial charge in [-0.15, -0.1) is 0 Å². The Hall–Kier alpha value is -1.83. The largest absolute Gasteiger partial charge is 0.377 e. The summed E-state index contributed by atoms with van der Waals surface area (Å²) in [6, 6.07) is 4.15. The molecule has 2 aromatic heterocycles. The van der Waals surface area contributed by atoms with E-state index in [1.807, 2.05) is 18.5 Å². The second-order valence-corrected chi connectivity index (χ2v) is 7.77. The zero-order valence-electron chi connectivity index (χ0n) is 16.0. The fourth-order valence-corrected chi connectivity index (χ4v) is 4.33. The third-order valence-electron chi connectivity index (χ3n) is 5.74. The van der Waals surface area contributed by atoms with Crippen molar-refractivity contribution in [2.24, 2.45) is 5.92 Å². The van der Waals surface area contributed by atoms with Crippen molar-refractivity contribution in [1.29, 1.82) is 0 Å². The van der Waals surface area contributed by atoms with Crippen LogP contribution in [0.3, 0.4) is 0 Å². The van der Waals surface area contributed by atoms with Crippen LogP contribution in [0.1, 0.15) is 43.0 Å². The van der Waals surface area contributed by atoms with E-state index in [2.05, 4.69) is 26.1 Å². The summed E-state index contributed by atoms with van der Waals surface area (Å²) in [5.74, 6) is 1.88. The number of hydrogen-bond donors (Lipinski definition) is 0. The molecule has 2 aromatic rings. The monoisotopic (exact) mass is 372 g/mol. The van der Waals surface area contributed by atoms with Gasteiger partial charge in [-0.1, -0.05) is 11.2 Å². The van der Waals surface area contributed by atoms with E-state index in [0.717, 1.165) is 64.2 Å². The molecule has 7 heteroatoms. The van der Waals surface area contributed by atoms with Crippen molar-refractivity contribution in [3.8, 4) is 0 Å². The van der Waals surface area contributed by atoms with Gasteiger partial charge < -0.3 is 14.0 Å². The molecule has 0 bridgehead atoms. The van der Waals surface area contributed by atoms with Crippen LogP contribution in [0.4, 0.5) is 0 Å². The molecule has 2 aliphatic heterocycles. The Morgan fingerprint density at radius 1 is 1.33 bits per heavy atom. The first-order valence-corrected chi connectivity index (χ1v) is 9.80. The molecule has 4 heterocycles. The first-order chi connectivity index (χ1) is 13.2. The van der Waals surface area contributed by atoms with Gasteiger partial charge in [-0.25, -0.2) is 0 Å². The van der Waals surface area contributed by atoms with Crippen LogP contribution < -0.4 is 0 Å². The fourth-order valence-electron chi connectivity index (χ4n) is 4.33. The van der Waals surface area contributed by atoms with Crippen molar-refractivity contribution >= 4 is 0 Å². The van der Waals surface area contributed by atoms with E-state index in [-0.39, 0.29) is 5.60 Å². The number of pyridine rings is 1. The van der Waals surface area contributed by atoms with Gasteiger partial charge in [0.1, 0.15) is 6.61 Å². The van der Waals surface area contributed by atoms with E-state index in [0.29, 0.717) is 18.3 Å². The van der Waals surface area contributed by atoms with Crippen molar-refractivity contribution in [3.63, 3.8) is 0 Å². The number of piperidine rings is 1. The Labute approximate surface area is 160 Å². The second kappa shape index (κ2) is 8.46. The lowest BCUT2D eigenvalue weighted by molar-refractivity contribution is -0.128. The lowest BCUT2D eigenvalue weighted by Crippen LogP contribution is -2.49. The third-order valence-corrected chi connectivity index (χ3v) is 5.74. The van der Waals surface area contributed by atoms with E-state index in [9.17, 15) is 0 Å². The molecule has 0 radical (unpaired) electrons. The molecule has 7 nitrogen and oxygen atoms in total. The minimum absolute atomic E-state index is 0.0176. The molecule has 2 fully saturated rings. The van der Waals surface area contributed by atoms with Crippen LogP contribution in [0.2, 0.25) is 0 Å². The van der Waals surface area contributed by atoms with E-state index >= 15 is 0 Å². The van der Waals surface area contributed by atoms with Crippen LogP contribution >= 0.6 is 0 Å². The highest BCUT2D eigenvalue weighted by Gasteiger charge is 2.40. The van der Waals surface area contributed by atoms with E-state index in [4.69, 9.17) is 14.0 Å². The fraction of sp³-hybridized carbons (Fsp3) is 0.650. The normalized spacial score (nSPS) is 22.9. The van der Waals surface area contributed by atoms with Crippen LogP contribution in [0, 0.1) is 5.92 Å². The summed E-state index contributed by atoms with van der Waals surface area (Å²) >= 11 is 0. The van der Waals surface area contributed by atoms with Crippen LogP contribution in [0.5, 0.6) is 0 Å². The topological polar surface area (TPSA) is 73.5 Å². The van der Waals surface area contributed by atoms with Crippen LogP contribution in [0.15, 0.2) is 29.0 Å². The molecule has 1 unspecified atom stereocenters. The van der Waals surface area contributed by atoms with Gasteiger partial charge >= 0.3 is 0 Å². The summed E-state index contributed by atoms with van der Waals surface area (Å²) in [4.78, 5) is 11.2. The second-order valence-electron chi connectivity index (χ2n) is 7.77. The molecule has 0 aliphatic carbocycles.